The molecule has 1 aliphatic rings. The lowest BCUT2D eigenvalue weighted by atomic mass is 9.77. The molecule has 1 N–H and O–H groups in total. The van der Waals surface area contributed by atoms with Crippen LogP contribution >= 0.6 is 0 Å². The van der Waals surface area contributed by atoms with Gasteiger partial charge in [-0.25, -0.2) is 4.79 Å². The van der Waals surface area contributed by atoms with Gasteiger partial charge in [-0.15, -0.1) is 0 Å². The van der Waals surface area contributed by atoms with Gasteiger partial charge in [0.05, 0.1) is 18.6 Å². The monoisotopic (exact) mass is 283 g/mol. The molecule has 0 saturated heterocycles. The van der Waals surface area contributed by atoms with Crippen LogP contribution in [0.15, 0.2) is 36.7 Å². The van der Waals surface area contributed by atoms with E-state index < -0.39 is 17.9 Å². The lowest BCUT2D eigenvalue weighted by molar-refractivity contribution is -0.142. The number of esters is 1. The first-order chi connectivity index (χ1) is 10.1. The number of carbonyl (C=O) groups is 2. The molecule has 0 aliphatic heterocycles. The van der Waals surface area contributed by atoms with Crippen molar-refractivity contribution in [3.8, 4) is 11.1 Å². The number of aromatic carboxylic acids is 1. The van der Waals surface area contributed by atoms with Gasteiger partial charge in [0.2, 0.25) is 0 Å². The van der Waals surface area contributed by atoms with Crippen molar-refractivity contribution in [3.63, 3.8) is 0 Å². The van der Waals surface area contributed by atoms with Crippen LogP contribution in [0.2, 0.25) is 0 Å². The molecule has 1 aliphatic carbocycles. The van der Waals surface area contributed by atoms with Crippen molar-refractivity contribution in [2.45, 2.75) is 12.3 Å². The number of carbonyl (C=O) groups excluding carboxylic acids is 1. The van der Waals surface area contributed by atoms with Crippen LogP contribution in [0.1, 0.15) is 27.4 Å². The van der Waals surface area contributed by atoms with Crippen molar-refractivity contribution in [3.05, 3.63) is 53.3 Å². The Labute approximate surface area is 121 Å². The maximum Gasteiger partial charge on any atom is 0.336 e. The van der Waals surface area contributed by atoms with Crippen LogP contribution in [0.4, 0.5) is 0 Å². The first kappa shape index (κ1) is 13.3. The van der Waals surface area contributed by atoms with Crippen molar-refractivity contribution >= 4 is 11.9 Å². The maximum absolute atomic E-state index is 12.1. The molecule has 1 unspecified atom stereocenters. The van der Waals surface area contributed by atoms with E-state index in [0.717, 1.165) is 16.7 Å². The number of hydrogen-bond donors (Lipinski definition) is 1. The van der Waals surface area contributed by atoms with Crippen LogP contribution in [0.25, 0.3) is 11.1 Å². The summed E-state index contributed by atoms with van der Waals surface area (Å²) in [5, 5.41) is 9.39. The van der Waals surface area contributed by atoms with Gasteiger partial charge in [-0.3, -0.25) is 9.78 Å². The second-order valence-electron chi connectivity index (χ2n) is 4.88. The van der Waals surface area contributed by atoms with Gasteiger partial charge in [0.1, 0.15) is 0 Å². The number of benzene rings is 1. The molecule has 0 spiro atoms. The fraction of sp³-hybridized carbons (Fsp3) is 0.188. The average molecular weight is 283 g/mol. The largest absolute Gasteiger partial charge is 0.478 e. The molecule has 0 amide bonds. The summed E-state index contributed by atoms with van der Waals surface area (Å²) in [6.07, 6.45) is 3.79. The first-order valence-corrected chi connectivity index (χ1v) is 6.50. The summed E-state index contributed by atoms with van der Waals surface area (Å²) in [5.41, 5.74) is 3.22. The summed E-state index contributed by atoms with van der Waals surface area (Å²) < 4.78 is 4.85. The second kappa shape index (κ2) is 5.01. The number of rotatable bonds is 2. The van der Waals surface area contributed by atoms with E-state index in [1.54, 1.807) is 18.5 Å². The molecule has 5 nitrogen and oxygen atoms in total. The van der Waals surface area contributed by atoms with Gasteiger partial charge in [-0.05, 0) is 35.2 Å². The highest BCUT2D eigenvalue weighted by Crippen LogP contribution is 2.41. The molecule has 5 heteroatoms. The SMILES string of the molecule is COC(=O)C1Cc2ccncc2-c2cccc(C(=O)O)c21. The van der Waals surface area contributed by atoms with Crippen LogP contribution < -0.4 is 0 Å². The summed E-state index contributed by atoms with van der Waals surface area (Å²) >= 11 is 0. The zero-order chi connectivity index (χ0) is 15.0. The summed E-state index contributed by atoms with van der Waals surface area (Å²) in [5.74, 6) is -2.08. The van der Waals surface area contributed by atoms with Gasteiger partial charge < -0.3 is 9.84 Å². The van der Waals surface area contributed by atoms with Crippen LogP contribution in [-0.2, 0) is 16.0 Å². The smallest absolute Gasteiger partial charge is 0.336 e. The van der Waals surface area contributed by atoms with Crippen molar-refractivity contribution in [2.24, 2.45) is 0 Å². The number of carboxylic acid groups (broad SMARTS) is 1. The van der Waals surface area contributed by atoms with Gasteiger partial charge in [-0.2, -0.15) is 0 Å². The Morgan fingerprint density at radius 3 is 2.81 bits per heavy atom. The summed E-state index contributed by atoms with van der Waals surface area (Å²) in [7, 11) is 1.31. The maximum atomic E-state index is 12.1. The van der Waals surface area contributed by atoms with Crippen molar-refractivity contribution < 1.29 is 19.4 Å². The molecule has 1 aromatic heterocycles. The minimum absolute atomic E-state index is 0.136. The number of nitrogens with zero attached hydrogens (tertiary/aromatic N) is 1. The third-order valence-electron chi connectivity index (χ3n) is 3.80. The Hall–Kier alpha value is -2.69. The average Bonchev–Trinajstić information content (AvgIpc) is 2.52. The van der Waals surface area contributed by atoms with E-state index in [-0.39, 0.29) is 5.56 Å². The minimum atomic E-state index is -1.05. The minimum Gasteiger partial charge on any atom is -0.478 e. The zero-order valence-corrected chi connectivity index (χ0v) is 11.4. The van der Waals surface area contributed by atoms with Gasteiger partial charge in [0, 0.05) is 18.0 Å². The van der Waals surface area contributed by atoms with Crippen LogP contribution in [0.5, 0.6) is 0 Å². The number of hydrogen-bond acceptors (Lipinski definition) is 4. The fourth-order valence-corrected chi connectivity index (χ4v) is 2.87. The quantitative estimate of drug-likeness (QED) is 0.855. The number of ether oxygens (including phenoxy) is 1. The van der Waals surface area contributed by atoms with E-state index in [1.165, 1.54) is 13.2 Å². The van der Waals surface area contributed by atoms with E-state index in [9.17, 15) is 14.7 Å². The highest BCUT2D eigenvalue weighted by Gasteiger charge is 2.34. The van der Waals surface area contributed by atoms with Crippen molar-refractivity contribution in [1.29, 1.82) is 0 Å². The molecule has 0 radical (unpaired) electrons. The van der Waals surface area contributed by atoms with E-state index in [1.807, 2.05) is 12.1 Å². The third kappa shape index (κ3) is 2.07. The Bertz CT molecular complexity index is 739. The molecule has 2 aromatic rings. The standard InChI is InChI=1S/C16H13NO4/c1-21-16(20)12-7-9-5-6-17-8-13(9)10-3-2-4-11(14(10)12)15(18)19/h2-6,8,12H,7H2,1H3,(H,18,19). The summed E-state index contributed by atoms with van der Waals surface area (Å²) in [6.45, 7) is 0. The van der Waals surface area contributed by atoms with Crippen molar-refractivity contribution in [2.75, 3.05) is 7.11 Å². The second-order valence-corrected chi connectivity index (χ2v) is 4.88. The van der Waals surface area contributed by atoms with E-state index in [0.29, 0.717) is 12.0 Å². The topological polar surface area (TPSA) is 76.5 Å². The normalized spacial score (nSPS) is 15.8. The van der Waals surface area contributed by atoms with Gasteiger partial charge in [0.15, 0.2) is 0 Å². The molecule has 1 heterocycles. The van der Waals surface area contributed by atoms with E-state index in [2.05, 4.69) is 4.98 Å². The Kier molecular flexibility index (Phi) is 3.17. The van der Waals surface area contributed by atoms with Crippen LogP contribution in [0.3, 0.4) is 0 Å². The molecular weight excluding hydrogens is 270 g/mol. The zero-order valence-electron chi connectivity index (χ0n) is 11.4. The predicted molar refractivity (Wildman–Crippen MR) is 75.1 cm³/mol. The molecule has 0 fully saturated rings. The Balaban J connectivity index is 2.30. The molecule has 3 rings (SSSR count). The van der Waals surface area contributed by atoms with Gasteiger partial charge in [-0.1, -0.05) is 12.1 Å². The fourth-order valence-electron chi connectivity index (χ4n) is 2.87. The van der Waals surface area contributed by atoms with Gasteiger partial charge >= 0.3 is 11.9 Å². The Morgan fingerprint density at radius 2 is 2.10 bits per heavy atom. The van der Waals surface area contributed by atoms with E-state index in [4.69, 9.17) is 4.74 Å². The molecule has 1 atom stereocenters. The number of methoxy groups -OCH3 is 1. The Morgan fingerprint density at radius 1 is 1.29 bits per heavy atom. The molecule has 0 saturated carbocycles. The predicted octanol–water partition coefficient (Wildman–Crippen LogP) is 2.26. The lowest BCUT2D eigenvalue weighted by Crippen LogP contribution is -2.23. The number of fused-ring (bicyclic) bond motifs is 3. The summed E-state index contributed by atoms with van der Waals surface area (Å²) in [4.78, 5) is 27.7. The first-order valence-electron chi connectivity index (χ1n) is 6.50. The molecule has 0 bridgehead atoms. The summed E-state index contributed by atoms with van der Waals surface area (Å²) in [6, 6.07) is 6.86. The molecule has 106 valence electrons. The number of carboxylic acids is 1. The van der Waals surface area contributed by atoms with E-state index >= 15 is 0 Å². The van der Waals surface area contributed by atoms with Gasteiger partial charge in [0.25, 0.3) is 0 Å². The molecule has 21 heavy (non-hydrogen) atoms. The number of aromatic nitrogens is 1. The molecular formula is C16H13NO4. The number of pyridine rings is 1. The van der Waals surface area contributed by atoms with Crippen molar-refractivity contribution in [1.82, 2.24) is 4.98 Å². The lowest BCUT2D eigenvalue weighted by Gasteiger charge is -2.27. The molecule has 1 aromatic carbocycles. The van der Waals surface area contributed by atoms with Crippen LogP contribution in [-0.4, -0.2) is 29.1 Å². The third-order valence-corrected chi connectivity index (χ3v) is 3.80. The highest BCUT2D eigenvalue weighted by molar-refractivity contribution is 5.97. The van der Waals surface area contributed by atoms with Crippen LogP contribution in [0, 0.1) is 0 Å². The highest BCUT2D eigenvalue weighted by atomic mass is 16.5.